The highest BCUT2D eigenvalue weighted by atomic mass is 19.2. The largest absolute Gasteiger partial charge is 0.481 e. The lowest BCUT2D eigenvalue weighted by Gasteiger charge is -2.31. The number of carbonyl (C=O) groups excluding carboxylic acids is 1. The Labute approximate surface area is 204 Å². The summed E-state index contributed by atoms with van der Waals surface area (Å²) in [4.78, 5) is 30.4. The lowest BCUT2D eigenvalue weighted by molar-refractivity contribution is -0.143. The maximum atomic E-state index is 14.5. The monoisotopic (exact) mass is 503 g/mol. The van der Waals surface area contributed by atoms with Crippen molar-refractivity contribution in [2.75, 3.05) is 6.54 Å². The van der Waals surface area contributed by atoms with Crippen LogP contribution in [-0.4, -0.2) is 38.0 Å². The number of aliphatic carboxylic acids is 1. The number of amides is 1. The van der Waals surface area contributed by atoms with Gasteiger partial charge >= 0.3 is 5.97 Å². The van der Waals surface area contributed by atoms with Crippen molar-refractivity contribution in [1.82, 2.24) is 14.5 Å². The topological polar surface area (TPSA) is 75.4 Å². The second kappa shape index (κ2) is 9.55. The van der Waals surface area contributed by atoms with Crippen molar-refractivity contribution < 1.29 is 32.3 Å². The fraction of sp³-hybridized carbons (Fsp3) is 0.423. The van der Waals surface area contributed by atoms with Gasteiger partial charge in [0.25, 0.3) is 0 Å². The predicted molar refractivity (Wildman–Crippen MR) is 122 cm³/mol. The maximum Gasteiger partial charge on any atom is 0.306 e. The molecule has 1 amide bonds. The Kier molecular flexibility index (Phi) is 6.44. The van der Waals surface area contributed by atoms with Crippen molar-refractivity contribution in [2.45, 2.75) is 51.6 Å². The van der Waals surface area contributed by atoms with Crippen LogP contribution >= 0.6 is 0 Å². The number of pyridine rings is 1. The molecule has 0 unspecified atom stereocenters. The first-order chi connectivity index (χ1) is 17.2. The van der Waals surface area contributed by atoms with Crippen molar-refractivity contribution in [3.05, 3.63) is 64.5 Å². The summed E-state index contributed by atoms with van der Waals surface area (Å²) in [6.45, 7) is 0.263. The molecule has 2 aromatic heterocycles. The summed E-state index contributed by atoms with van der Waals surface area (Å²) < 4.78 is 57.9. The summed E-state index contributed by atoms with van der Waals surface area (Å²) in [5.41, 5.74) is 1.40. The number of benzene rings is 1. The Morgan fingerprint density at radius 2 is 1.81 bits per heavy atom. The first kappa shape index (κ1) is 24.3. The van der Waals surface area contributed by atoms with Crippen LogP contribution in [0.25, 0.3) is 11.0 Å². The average molecular weight is 503 g/mol. The van der Waals surface area contributed by atoms with Gasteiger partial charge in [-0.1, -0.05) is 0 Å². The third-order valence-corrected chi connectivity index (χ3v) is 7.55. The van der Waals surface area contributed by atoms with Gasteiger partial charge in [0, 0.05) is 41.9 Å². The number of nitrogens with zero attached hydrogens (tertiary/aromatic N) is 3. The molecule has 2 aliphatic rings. The third kappa shape index (κ3) is 4.33. The van der Waals surface area contributed by atoms with E-state index in [1.807, 2.05) is 6.07 Å². The highest BCUT2D eigenvalue weighted by Crippen LogP contribution is 2.34. The van der Waals surface area contributed by atoms with Crippen LogP contribution < -0.4 is 0 Å². The molecule has 3 heterocycles. The van der Waals surface area contributed by atoms with Gasteiger partial charge in [-0.3, -0.25) is 9.59 Å². The Morgan fingerprint density at radius 1 is 1.06 bits per heavy atom. The first-order valence-corrected chi connectivity index (χ1v) is 12.0. The van der Waals surface area contributed by atoms with Gasteiger partial charge in [-0.05, 0) is 55.7 Å². The molecule has 1 aliphatic carbocycles. The van der Waals surface area contributed by atoms with Crippen molar-refractivity contribution in [3.8, 4) is 0 Å². The standard InChI is InChI=1S/C26H25F4N3O3/c27-19-11-20(28)24(30)23(29)18(19)12-33-21-13-32(9-7-16(21)17-2-1-8-31-25(17)33)22(34)10-14-3-5-15(6-4-14)26(35)36/h1-2,8,11,14-15H,3-7,9-10,12-13H2,(H,35,36)/t14-,15+. The maximum absolute atomic E-state index is 14.5. The van der Waals surface area contributed by atoms with Crippen LogP contribution in [0, 0.1) is 35.1 Å². The van der Waals surface area contributed by atoms with Gasteiger partial charge in [-0.2, -0.15) is 0 Å². The van der Waals surface area contributed by atoms with Crippen molar-refractivity contribution >= 4 is 22.9 Å². The van der Waals surface area contributed by atoms with Gasteiger partial charge in [0.05, 0.1) is 19.0 Å². The molecule has 0 spiro atoms. The normalized spacial score (nSPS) is 19.9. The van der Waals surface area contributed by atoms with Crippen molar-refractivity contribution in [3.63, 3.8) is 0 Å². The van der Waals surface area contributed by atoms with E-state index in [2.05, 4.69) is 4.98 Å². The van der Waals surface area contributed by atoms with E-state index in [0.29, 0.717) is 62.5 Å². The molecule has 3 aromatic rings. The smallest absolute Gasteiger partial charge is 0.306 e. The first-order valence-electron chi connectivity index (χ1n) is 12.0. The zero-order valence-corrected chi connectivity index (χ0v) is 19.4. The molecule has 6 nitrogen and oxygen atoms in total. The SMILES string of the molecule is O=C(C[C@H]1CC[C@@H](C(=O)O)CC1)N1CCc2c(n(Cc3c(F)cc(F)c(F)c3F)c3ncccc23)C1. The van der Waals surface area contributed by atoms with Crippen LogP contribution in [0.3, 0.4) is 0 Å². The Balaban J connectivity index is 1.41. The molecule has 0 atom stereocenters. The molecule has 36 heavy (non-hydrogen) atoms. The summed E-state index contributed by atoms with van der Waals surface area (Å²) in [5.74, 6) is -7.20. The lowest BCUT2D eigenvalue weighted by atomic mass is 9.80. The summed E-state index contributed by atoms with van der Waals surface area (Å²) in [5, 5.41) is 9.98. The minimum atomic E-state index is -1.74. The molecule has 1 aliphatic heterocycles. The molecular formula is C26H25F4N3O3. The second-order valence-electron chi connectivity index (χ2n) is 9.66. The quantitative estimate of drug-likeness (QED) is 0.308. The number of hydrogen-bond acceptors (Lipinski definition) is 3. The molecule has 1 saturated carbocycles. The minimum absolute atomic E-state index is 0.0608. The van der Waals surface area contributed by atoms with Crippen LogP contribution in [0.5, 0.6) is 0 Å². The van der Waals surface area contributed by atoms with Gasteiger partial charge in [0.2, 0.25) is 5.91 Å². The number of carbonyl (C=O) groups is 2. The van der Waals surface area contributed by atoms with E-state index in [1.54, 1.807) is 21.7 Å². The fourth-order valence-electron chi connectivity index (χ4n) is 5.54. The number of carboxylic acids is 1. The molecule has 1 fully saturated rings. The van der Waals surface area contributed by atoms with Crippen molar-refractivity contribution in [1.29, 1.82) is 0 Å². The van der Waals surface area contributed by atoms with E-state index in [-0.39, 0.29) is 24.3 Å². The summed E-state index contributed by atoms with van der Waals surface area (Å²) in [6.07, 6.45) is 4.85. The highest BCUT2D eigenvalue weighted by molar-refractivity contribution is 5.84. The minimum Gasteiger partial charge on any atom is -0.481 e. The van der Waals surface area contributed by atoms with Crippen LogP contribution in [-0.2, 0) is 29.1 Å². The molecule has 5 rings (SSSR count). The number of aromatic nitrogens is 2. The molecule has 10 heteroatoms. The van der Waals surface area contributed by atoms with E-state index < -0.39 is 41.3 Å². The molecular weight excluding hydrogens is 478 g/mol. The summed E-state index contributed by atoms with van der Waals surface area (Å²) in [7, 11) is 0. The molecule has 190 valence electrons. The zero-order valence-electron chi connectivity index (χ0n) is 19.4. The van der Waals surface area contributed by atoms with E-state index in [4.69, 9.17) is 0 Å². The molecule has 0 saturated heterocycles. The number of hydrogen-bond donors (Lipinski definition) is 1. The van der Waals surface area contributed by atoms with Crippen LogP contribution in [0.1, 0.15) is 48.9 Å². The van der Waals surface area contributed by atoms with Gasteiger partial charge in [-0.25, -0.2) is 22.5 Å². The van der Waals surface area contributed by atoms with E-state index in [0.717, 1.165) is 10.9 Å². The summed E-state index contributed by atoms with van der Waals surface area (Å²) >= 11 is 0. The third-order valence-electron chi connectivity index (χ3n) is 7.55. The molecule has 0 bridgehead atoms. The zero-order chi connectivity index (χ0) is 25.6. The predicted octanol–water partition coefficient (Wildman–Crippen LogP) is 4.81. The molecule has 1 aromatic carbocycles. The lowest BCUT2D eigenvalue weighted by Crippen LogP contribution is -2.38. The fourth-order valence-corrected chi connectivity index (χ4v) is 5.54. The number of rotatable bonds is 5. The van der Waals surface area contributed by atoms with Gasteiger partial charge in [0.15, 0.2) is 17.5 Å². The van der Waals surface area contributed by atoms with Gasteiger partial charge in [0.1, 0.15) is 11.5 Å². The van der Waals surface area contributed by atoms with Crippen LogP contribution in [0.15, 0.2) is 24.4 Å². The summed E-state index contributed by atoms with van der Waals surface area (Å²) in [6, 6.07) is 3.92. The molecule has 0 radical (unpaired) electrons. The highest BCUT2D eigenvalue weighted by Gasteiger charge is 2.32. The van der Waals surface area contributed by atoms with E-state index >= 15 is 0 Å². The van der Waals surface area contributed by atoms with Gasteiger partial charge < -0.3 is 14.6 Å². The Bertz CT molecular complexity index is 1350. The van der Waals surface area contributed by atoms with Gasteiger partial charge in [-0.15, -0.1) is 0 Å². The number of carboxylic acid groups (broad SMARTS) is 1. The molecule has 1 N–H and O–H groups in total. The second-order valence-corrected chi connectivity index (χ2v) is 9.66. The van der Waals surface area contributed by atoms with Crippen LogP contribution in [0.2, 0.25) is 0 Å². The van der Waals surface area contributed by atoms with Crippen LogP contribution in [0.4, 0.5) is 17.6 Å². The average Bonchev–Trinajstić information content (AvgIpc) is 3.18. The van der Waals surface area contributed by atoms with E-state index in [1.165, 1.54) is 0 Å². The van der Waals surface area contributed by atoms with E-state index in [9.17, 15) is 32.3 Å². The number of fused-ring (bicyclic) bond motifs is 3. The Morgan fingerprint density at radius 3 is 2.53 bits per heavy atom. The van der Waals surface area contributed by atoms with Crippen molar-refractivity contribution in [2.24, 2.45) is 11.8 Å². The number of halogens is 4. The Hall–Kier alpha value is -3.43.